The maximum atomic E-state index is 2.43. The zero-order valence-corrected chi connectivity index (χ0v) is 31.8. The van der Waals surface area contributed by atoms with Gasteiger partial charge in [0.1, 0.15) is 0 Å². The van der Waals surface area contributed by atoms with Crippen LogP contribution in [0.2, 0.25) is 0 Å². The van der Waals surface area contributed by atoms with Gasteiger partial charge in [-0.1, -0.05) is 170 Å². The van der Waals surface area contributed by atoms with Gasteiger partial charge in [0, 0.05) is 44.3 Å². The Morgan fingerprint density at radius 2 is 0.500 bits per heavy atom. The minimum Gasteiger partial charge on any atom is -0.310 e. The molecule has 11 rings (SSSR count). The third kappa shape index (κ3) is 5.66. The van der Waals surface area contributed by atoms with E-state index in [1.165, 1.54) is 65.3 Å². The number of anilines is 6. The molecule has 0 saturated carbocycles. The summed E-state index contributed by atoms with van der Waals surface area (Å²) in [6.07, 6.45) is 0. The summed E-state index contributed by atoms with van der Waals surface area (Å²) < 4.78 is 0. The van der Waals surface area contributed by atoms with Crippen LogP contribution in [-0.2, 0) is 0 Å². The molecule has 58 heavy (non-hydrogen) atoms. The first kappa shape index (κ1) is 33.6. The smallest absolute Gasteiger partial charge is 0.0546 e. The van der Waals surface area contributed by atoms with Crippen LogP contribution >= 0.6 is 0 Å². The van der Waals surface area contributed by atoms with Crippen molar-refractivity contribution in [1.29, 1.82) is 0 Å². The summed E-state index contributed by atoms with van der Waals surface area (Å²) in [6, 6.07) is 83.6. The lowest BCUT2D eigenvalue weighted by Crippen LogP contribution is -2.12. The van der Waals surface area contributed by atoms with Gasteiger partial charge >= 0.3 is 0 Å². The highest BCUT2D eigenvalue weighted by molar-refractivity contribution is 6.38. The lowest BCUT2D eigenvalue weighted by Gasteiger charge is -2.30. The van der Waals surface area contributed by atoms with E-state index in [9.17, 15) is 0 Å². The third-order valence-electron chi connectivity index (χ3n) is 11.6. The zero-order valence-electron chi connectivity index (χ0n) is 31.8. The predicted molar refractivity (Wildman–Crippen MR) is 248 cm³/mol. The summed E-state index contributed by atoms with van der Waals surface area (Å²) in [5.74, 6) is 0. The maximum absolute atomic E-state index is 2.43. The zero-order chi connectivity index (χ0) is 38.4. The van der Waals surface area contributed by atoms with Crippen LogP contribution in [0.15, 0.2) is 231 Å². The van der Waals surface area contributed by atoms with Crippen LogP contribution in [0.4, 0.5) is 34.1 Å². The van der Waals surface area contributed by atoms with Gasteiger partial charge in [0.15, 0.2) is 0 Å². The molecule has 0 aromatic heterocycles. The Hall–Kier alpha value is -7.68. The molecule has 0 amide bonds. The van der Waals surface area contributed by atoms with Gasteiger partial charge in [-0.2, -0.15) is 0 Å². The van der Waals surface area contributed by atoms with Crippen molar-refractivity contribution in [3.05, 3.63) is 231 Å². The summed E-state index contributed by atoms with van der Waals surface area (Å²) in [5, 5.41) is 9.96. The second kappa shape index (κ2) is 14.1. The standard InChI is InChI=1S/C56H38N2/c1-5-15-39(16-6-1)41-27-33-47(34-28-41)57(45-19-9-3-10-20-45)51-37-31-43-25-26-44-32-38-52(56-50-24-14-13-23-49(50)55(51)53(43)54(44)56)58(46-21-11-4-12-22-46)48-35-29-42(30-36-48)40-17-7-2-8-18-40/h1-38H. The summed E-state index contributed by atoms with van der Waals surface area (Å²) in [6.45, 7) is 0. The van der Waals surface area contributed by atoms with Crippen LogP contribution in [-0.4, -0.2) is 0 Å². The molecular formula is C56H38N2. The van der Waals surface area contributed by atoms with Crippen molar-refractivity contribution in [2.24, 2.45) is 0 Å². The number of hydrogen-bond acceptors (Lipinski definition) is 2. The number of rotatable bonds is 8. The second-order valence-electron chi connectivity index (χ2n) is 14.9. The highest BCUT2D eigenvalue weighted by Crippen LogP contribution is 2.51. The van der Waals surface area contributed by atoms with Crippen molar-refractivity contribution in [2.75, 3.05) is 9.80 Å². The highest BCUT2D eigenvalue weighted by Gasteiger charge is 2.25. The van der Waals surface area contributed by atoms with Gasteiger partial charge < -0.3 is 9.80 Å². The van der Waals surface area contributed by atoms with Crippen LogP contribution in [0.25, 0.3) is 65.3 Å². The Balaban J connectivity index is 1.18. The lowest BCUT2D eigenvalue weighted by molar-refractivity contribution is 1.30. The normalized spacial score (nSPS) is 11.4. The van der Waals surface area contributed by atoms with E-state index in [1.807, 2.05) is 0 Å². The van der Waals surface area contributed by atoms with E-state index in [2.05, 4.69) is 240 Å². The monoisotopic (exact) mass is 738 g/mol. The van der Waals surface area contributed by atoms with E-state index in [0.29, 0.717) is 0 Å². The SMILES string of the molecule is c1ccc(-c2ccc(N(c3ccccc3)c3ccc4ccc5ccc(N(c6ccccc6)c6ccc(-c7ccccc7)cc6)c6c7ccccc7c3c4c56)cc2)cc1. The first-order valence-corrected chi connectivity index (χ1v) is 19.9. The Morgan fingerprint density at radius 3 is 0.879 bits per heavy atom. The number of nitrogens with zero attached hydrogens (tertiary/aromatic N) is 2. The van der Waals surface area contributed by atoms with Crippen molar-refractivity contribution in [3.63, 3.8) is 0 Å². The number of fused-ring (bicyclic) bond motifs is 3. The fourth-order valence-electron chi connectivity index (χ4n) is 8.92. The molecule has 2 heteroatoms. The second-order valence-corrected chi connectivity index (χ2v) is 14.9. The van der Waals surface area contributed by atoms with E-state index in [4.69, 9.17) is 0 Å². The van der Waals surface area contributed by atoms with Crippen LogP contribution in [0.3, 0.4) is 0 Å². The van der Waals surface area contributed by atoms with Crippen molar-refractivity contribution in [2.45, 2.75) is 0 Å². The number of benzene rings is 11. The molecule has 0 aliphatic heterocycles. The van der Waals surface area contributed by atoms with Gasteiger partial charge in [-0.15, -0.1) is 0 Å². The Morgan fingerprint density at radius 1 is 0.207 bits per heavy atom. The number of para-hydroxylation sites is 2. The molecule has 0 unspecified atom stereocenters. The van der Waals surface area contributed by atoms with Crippen molar-refractivity contribution < 1.29 is 0 Å². The molecule has 0 saturated heterocycles. The molecule has 11 aromatic carbocycles. The van der Waals surface area contributed by atoms with Crippen LogP contribution in [0.1, 0.15) is 0 Å². The van der Waals surface area contributed by atoms with Crippen LogP contribution in [0, 0.1) is 0 Å². The molecule has 272 valence electrons. The van der Waals surface area contributed by atoms with Gasteiger partial charge in [-0.05, 0) is 104 Å². The van der Waals surface area contributed by atoms with E-state index < -0.39 is 0 Å². The molecule has 11 aromatic rings. The predicted octanol–water partition coefficient (Wildman–Crippen LogP) is 16.0. The molecule has 0 heterocycles. The minimum absolute atomic E-state index is 1.11. The largest absolute Gasteiger partial charge is 0.310 e. The van der Waals surface area contributed by atoms with E-state index in [-0.39, 0.29) is 0 Å². The van der Waals surface area contributed by atoms with Crippen molar-refractivity contribution in [3.8, 4) is 22.3 Å². The number of hydrogen-bond donors (Lipinski definition) is 0. The first-order chi connectivity index (χ1) is 28.8. The maximum Gasteiger partial charge on any atom is 0.0546 e. The summed E-state index contributed by atoms with van der Waals surface area (Å²) in [7, 11) is 0. The Bertz CT molecular complexity index is 2960. The van der Waals surface area contributed by atoms with Gasteiger partial charge in [0.25, 0.3) is 0 Å². The summed E-state index contributed by atoms with van der Waals surface area (Å²) in [4.78, 5) is 4.86. The highest BCUT2D eigenvalue weighted by atomic mass is 15.1. The topological polar surface area (TPSA) is 6.48 Å². The van der Waals surface area contributed by atoms with Gasteiger partial charge in [0.05, 0.1) is 11.4 Å². The average Bonchev–Trinajstić information content (AvgIpc) is 3.31. The first-order valence-electron chi connectivity index (χ1n) is 19.9. The molecule has 2 nitrogen and oxygen atoms in total. The Kier molecular flexibility index (Phi) is 8.19. The van der Waals surface area contributed by atoms with Crippen molar-refractivity contribution in [1.82, 2.24) is 0 Å². The van der Waals surface area contributed by atoms with Crippen molar-refractivity contribution >= 4 is 77.2 Å². The molecule has 0 radical (unpaired) electrons. The van der Waals surface area contributed by atoms with E-state index in [1.54, 1.807) is 0 Å². The summed E-state index contributed by atoms with van der Waals surface area (Å²) >= 11 is 0. The van der Waals surface area contributed by atoms with E-state index >= 15 is 0 Å². The quantitative estimate of drug-likeness (QED) is 0.113. The third-order valence-corrected chi connectivity index (χ3v) is 11.6. The van der Waals surface area contributed by atoms with Gasteiger partial charge in [-0.3, -0.25) is 0 Å². The fraction of sp³-hybridized carbons (Fsp3) is 0. The fourth-order valence-corrected chi connectivity index (χ4v) is 8.92. The average molecular weight is 739 g/mol. The van der Waals surface area contributed by atoms with Crippen LogP contribution in [0.5, 0.6) is 0 Å². The molecule has 0 bridgehead atoms. The molecule has 0 aliphatic rings. The Labute approximate surface area is 338 Å². The molecule has 0 aliphatic carbocycles. The molecule has 0 fully saturated rings. The van der Waals surface area contributed by atoms with Gasteiger partial charge in [0.2, 0.25) is 0 Å². The molecule has 0 spiro atoms. The minimum atomic E-state index is 1.11. The molecule has 0 atom stereocenters. The van der Waals surface area contributed by atoms with Gasteiger partial charge in [-0.25, -0.2) is 0 Å². The molecular weight excluding hydrogens is 701 g/mol. The molecule has 0 N–H and O–H groups in total. The van der Waals surface area contributed by atoms with Crippen LogP contribution < -0.4 is 9.80 Å². The lowest BCUT2D eigenvalue weighted by atomic mass is 9.87. The summed E-state index contributed by atoms with van der Waals surface area (Å²) in [5.41, 5.74) is 11.6. The van der Waals surface area contributed by atoms with E-state index in [0.717, 1.165) is 34.1 Å².